The quantitative estimate of drug-likeness (QED) is 0.282. The van der Waals surface area contributed by atoms with Gasteiger partial charge >= 0.3 is 5.97 Å². The van der Waals surface area contributed by atoms with Crippen LogP contribution >= 0.6 is 11.3 Å². The third-order valence-electron chi connectivity index (χ3n) is 6.49. The maximum absolute atomic E-state index is 12.3. The zero-order valence-corrected chi connectivity index (χ0v) is 22.5. The van der Waals surface area contributed by atoms with E-state index in [1.807, 2.05) is 32.9 Å². The van der Waals surface area contributed by atoms with Crippen LogP contribution in [0.3, 0.4) is 0 Å². The second-order valence-corrected chi connectivity index (χ2v) is 10.4. The molecule has 2 heterocycles. The van der Waals surface area contributed by atoms with Crippen molar-refractivity contribution in [2.45, 2.75) is 45.6 Å². The maximum Gasteiger partial charge on any atom is 0.309 e. The molecule has 0 amide bonds. The number of rotatable bonds is 10. The third kappa shape index (κ3) is 6.63. The Hall–Kier alpha value is -3.08. The van der Waals surface area contributed by atoms with Crippen molar-refractivity contribution >= 4 is 28.9 Å². The lowest BCUT2D eigenvalue weighted by Gasteiger charge is -2.37. The Bertz CT molecular complexity index is 1220. The van der Waals surface area contributed by atoms with E-state index in [0.717, 1.165) is 21.7 Å². The zero-order chi connectivity index (χ0) is 26.4. The SMILES string of the molecule is CCOC(=O)C1CCC(O)(c2ncc(-c3cc(C)cc(Nc4nccc(OCCOC)n4)c3)s2)CC1C. The summed E-state index contributed by atoms with van der Waals surface area (Å²) < 4.78 is 15.8. The molecule has 0 radical (unpaired) electrons. The van der Waals surface area contributed by atoms with Crippen LogP contribution in [0.4, 0.5) is 11.6 Å². The highest BCUT2D eigenvalue weighted by atomic mass is 32.1. The smallest absolute Gasteiger partial charge is 0.309 e. The molecule has 1 aromatic carbocycles. The molecule has 4 rings (SSSR count). The number of aryl methyl sites for hydroxylation is 1. The molecule has 3 unspecified atom stereocenters. The summed E-state index contributed by atoms with van der Waals surface area (Å²) in [6, 6.07) is 7.81. The number of aliphatic hydroxyl groups is 1. The molecular formula is C27H34N4O5S. The van der Waals surface area contributed by atoms with Gasteiger partial charge in [0.05, 0.1) is 24.0 Å². The van der Waals surface area contributed by atoms with E-state index >= 15 is 0 Å². The fourth-order valence-corrected chi connectivity index (χ4v) is 5.74. The first-order valence-electron chi connectivity index (χ1n) is 12.5. The van der Waals surface area contributed by atoms with Gasteiger partial charge in [0.25, 0.3) is 0 Å². The lowest BCUT2D eigenvalue weighted by atomic mass is 9.72. The van der Waals surface area contributed by atoms with E-state index in [-0.39, 0.29) is 17.8 Å². The number of carbonyl (C=O) groups excluding carboxylic acids is 1. The van der Waals surface area contributed by atoms with E-state index in [0.29, 0.717) is 55.9 Å². The summed E-state index contributed by atoms with van der Waals surface area (Å²) in [6.45, 7) is 7.09. The summed E-state index contributed by atoms with van der Waals surface area (Å²) in [5.41, 5.74) is 1.83. The lowest BCUT2D eigenvalue weighted by Crippen LogP contribution is -2.39. The summed E-state index contributed by atoms with van der Waals surface area (Å²) in [5, 5.41) is 15.4. The molecule has 0 spiro atoms. The van der Waals surface area contributed by atoms with E-state index in [4.69, 9.17) is 14.2 Å². The Balaban J connectivity index is 1.49. The van der Waals surface area contributed by atoms with Crippen LogP contribution in [0.5, 0.6) is 5.88 Å². The Labute approximate surface area is 221 Å². The summed E-state index contributed by atoms with van der Waals surface area (Å²) in [7, 11) is 1.62. The van der Waals surface area contributed by atoms with Crippen LogP contribution in [-0.4, -0.2) is 53.0 Å². The molecule has 3 atom stereocenters. The van der Waals surface area contributed by atoms with Gasteiger partial charge in [-0.25, -0.2) is 9.97 Å². The van der Waals surface area contributed by atoms with Gasteiger partial charge in [0, 0.05) is 31.3 Å². The Morgan fingerprint density at radius 3 is 2.86 bits per heavy atom. The molecule has 37 heavy (non-hydrogen) atoms. The van der Waals surface area contributed by atoms with Gasteiger partial charge < -0.3 is 24.6 Å². The molecule has 10 heteroatoms. The number of benzene rings is 1. The Morgan fingerprint density at radius 2 is 2.11 bits per heavy atom. The molecule has 1 fully saturated rings. The van der Waals surface area contributed by atoms with Gasteiger partial charge in [0.1, 0.15) is 17.2 Å². The van der Waals surface area contributed by atoms with Crippen LogP contribution < -0.4 is 10.1 Å². The van der Waals surface area contributed by atoms with Crippen molar-refractivity contribution in [2.75, 3.05) is 32.2 Å². The molecule has 2 aromatic heterocycles. The fraction of sp³-hybridized carbons (Fsp3) is 0.481. The molecule has 3 aromatic rings. The molecule has 1 aliphatic rings. The van der Waals surface area contributed by atoms with Gasteiger partial charge in [-0.2, -0.15) is 4.98 Å². The molecule has 9 nitrogen and oxygen atoms in total. The minimum absolute atomic E-state index is 0.00849. The minimum Gasteiger partial charge on any atom is -0.475 e. The van der Waals surface area contributed by atoms with Crippen LogP contribution in [0, 0.1) is 18.8 Å². The highest BCUT2D eigenvalue weighted by molar-refractivity contribution is 7.15. The first-order chi connectivity index (χ1) is 17.8. The van der Waals surface area contributed by atoms with E-state index in [2.05, 4.69) is 26.3 Å². The predicted octanol–water partition coefficient (Wildman–Crippen LogP) is 4.86. The van der Waals surface area contributed by atoms with Crippen LogP contribution in [-0.2, 0) is 19.9 Å². The number of hydrogen-bond donors (Lipinski definition) is 2. The second-order valence-electron chi connectivity index (χ2n) is 9.41. The average molecular weight is 527 g/mol. The zero-order valence-electron chi connectivity index (χ0n) is 21.7. The molecule has 0 bridgehead atoms. The van der Waals surface area contributed by atoms with Crippen molar-refractivity contribution in [3.63, 3.8) is 0 Å². The minimum atomic E-state index is -1.05. The van der Waals surface area contributed by atoms with Gasteiger partial charge in [0.15, 0.2) is 0 Å². The van der Waals surface area contributed by atoms with Crippen LogP contribution in [0.15, 0.2) is 36.7 Å². The number of methoxy groups -OCH3 is 1. The topological polar surface area (TPSA) is 116 Å². The van der Waals surface area contributed by atoms with Crippen LogP contribution in [0.2, 0.25) is 0 Å². The summed E-state index contributed by atoms with van der Waals surface area (Å²) >= 11 is 1.48. The molecule has 1 aliphatic carbocycles. The number of esters is 1. The summed E-state index contributed by atoms with van der Waals surface area (Å²) in [6.07, 6.45) is 4.98. The van der Waals surface area contributed by atoms with E-state index in [1.165, 1.54) is 11.3 Å². The molecule has 0 aliphatic heterocycles. The number of nitrogens with zero attached hydrogens (tertiary/aromatic N) is 3. The largest absolute Gasteiger partial charge is 0.475 e. The summed E-state index contributed by atoms with van der Waals surface area (Å²) in [5.74, 6) is 0.547. The van der Waals surface area contributed by atoms with Crippen molar-refractivity contribution in [3.8, 4) is 16.3 Å². The average Bonchev–Trinajstić information content (AvgIpc) is 3.36. The van der Waals surface area contributed by atoms with Crippen molar-refractivity contribution in [1.29, 1.82) is 0 Å². The molecule has 198 valence electrons. The maximum atomic E-state index is 12.3. The predicted molar refractivity (Wildman–Crippen MR) is 142 cm³/mol. The molecule has 0 saturated heterocycles. The van der Waals surface area contributed by atoms with Crippen molar-refractivity contribution in [2.24, 2.45) is 11.8 Å². The number of nitrogens with one attached hydrogen (secondary N) is 1. The molecule has 1 saturated carbocycles. The van der Waals surface area contributed by atoms with Crippen LogP contribution in [0.25, 0.3) is 10.4 Å². The lowest BCUT2D eigenvalue weighted by molar-refractivity contribution is -0.154. The number of carbonyl (C=O) groups is 1. The number of anilines is 2. The van der Waals surface area contributed by atoms with Gasteiger partial charge in [-0.3, -0.25) is 4.79 Å². The standard InChI is InChI=1S/C27H34N4O5S/c1-5-35-24(32)21-6-8-27(33,15-18(21)3)25-29-16-22(37-25)19-12-17(2)13-20(14-19)30-26-28-9-7-23(31-26)36-11-10-34-4/h7,9,12-14,16,18,21,33H,5-6,8,10-11,15H2,1-4H3,(H,28,30,31). The van der Waals surface area contributed by atoms with E-state index < -0.39 is 5.60 Å². The first-order valence-corrected chi connectivity index (χ1v) is 13.3. The highest BCUT2D eigenvalue weighted by Crippen LogP contribution is 2.45. The Kier molecular flexibility index (Phi) is 8.73. The summed E-state index contributed by atoms with van der Waals surface area (Å²) in [4.78, 5) is 26.5. The van der Waals surface area contributed by atoms with E-state index in [1.54, 1.807) is 25.6 Å². The van der Waals surface area contributed by atoms with Crippen molar-refractivity contribution in [3.05, 3.63) is 47.2 Å². The Morgan fingerprint density at radius 1 is 1.27 bits per heavy atom. The van der Waals surface area contributed by atoms with E-state index in [9.17, 15) is 9.90 Å². The third-order valence-corrected chi connectivity index (χ3v) is 7.73. The number of aromatic nitrogens is 3. The monoisotopic (exact) mass is 526 g/mol. The first kappa shape index (κ1) is 27.0. The normalized spacial score (nSPS) is 21.4. The molecular weight excluding hydrogens is 492 g/mol. The number of ether oxygens (including phenoxy) is 3. The highest BCUT2D eigenvalue weighted by Gasteiger charge is 2.43. The van der Waals surface area contributed by atoms with Gasteiger partial charge in [-0.15, -0.1) is 11.3 Å². The van der Waals surface area contributed by atoms with Crippen LogP contribution in [0.1, 0.15) is 43.7 Å². The van der Waals surface area contributed by atoms with Crippen molar-refractivity contribution < 1.29 is 24.1 Å². The van der Waals surface area contributed by atoms with Crippen molar-refractivity contribution in [1.82, 2.24) is 15.0 Å². The number of thiazole rings is 1. The fourth-order valence-electron chi connectivity index (χ4n) is 4.71. The van der Waals surface area contributed by atoms with Gasteiger partial charge in [-0.05, 0) is 62.3 Å². The van der Waals surface area contributed by atoms with Gasteiger partial charge in [0.2, 0.25) is 11.8 Å². The molecule has 2 N–H and O–H groups in total. The van der Waals surface area contributed by atoms with Gasteiger partial charge in [-0.1, -0.05) is 13.0 Å². The number of hydrogen-bond acceptors (Lipinski definition) is 10. The second kappa shape index (κ2) is 12.0.